The summed E-state index contributed by atoms with van der Waals surface area (Å²) in [5.41, 5.74) is 1.20. The molecule has 20 heavy (non-hydrogen) atoms. The second-order valence-corrected chi connectivity index (χ2v) is 5.37. The zero-order valence-electron chi connectivity index (χ0n) is 12.3. The van der Waals surface area contributed by atoms with Crippen molar-refractivity contribution >= 4 is 0 Å². The molecule has 2 rings (SSSR count). The van der Waals surface area contributed by atoms with Crippen molar-refractivity contribution in [3.8, 4) is 18.1 Å². The van der Waals surface area contributed by atoms with Crippen LogP contribution in [0.5, 0.6) is 5.75 Å². The molecular weight excluding hydrogens is 248 g/mol. The predicted molar refractivity (Wildman–Crippen MR) is 82.7 cm³/mol. The molecule has 1 N–H and O–H groups in total. The zero-order chi connectivity index (χ0) is 14.2. The van der Waals surface area contributed by atoms with Gasteiger partial charge in [0.25, 0.3) is 0 Å². The number of terminal acetylenes is 1. The summed E-state index contributed by atoms with van der Waals surface area (Å²) in [5, 5.41) is 3.16. The first kappa shape index (κ1) is 14.9. The average Bonchev–Trinajstić information content (AvgIpc) is 3.25. The van der Waals surface area contributed by atoms with E-state index in [1.54, 1.807) is 0 Å². The molecule has 0 bridgehead atoms. The summed E-state index contributed by atoms with van der Waals surface area (Å²) in [7, 11) is 1.95. The van der Waals surface area contributed by atoms with E-state index in [1.807, 2.05) is 25.2 Å². The predicted octanol–water partition coefficient (Wildman–Crippen LogP) is 2.13. The van der Waals surface area contributed by atoms with Gasteiger partial charge in [0.2, 0.25) is 0 Å². The molecule has 0 heterocycles. The molecular formula is C17H24N2O. The Kier molecular flexibility index (Phi) is 5.91. The summed E-state index contributed by atoms with van der Waals surface area (Å²) >= 11 is 0. The van der Waals surface area contributed by atoms with Gasteiger partial charge in [0, 0.05) is 25.2 Å². The van der Waals surface area contributed by atoms with Crippen molar-refractivity contribution in [2.45, 2.75) is 19.4 Å². The van der Waals surface area contributed by atoms with E-state index in [2.05, 4.69) is 22.2 Å². The maximum Gasteiger partial charge on any atom is 0.123 e. The fraction of sp³-hybridized carbons (Fsp3) is 0.529. The summed E-state index contributed by atoms with van der Waals surface area (Å²) in [6.07, 6.45) is 8.14. The van der Waals surface area contributed by atoms with E-state index in [-0.39, 0.29) is 0 Å². The summed E-state index contributed by atoms with van der Waals surface area (Å²) in [6, 6.07) is 8.17. The van der Waals surface area contributed by atoms with Crippen LogP contribution in [0.1, 0.15) is 18.4 Å². The molecule has 0 unspecified atom stereocenters. The molecule has 0 atom stereocenters. The largest absolute Gasteiger partial charge is 0.492 e. The Labute approximate surface area is 122 Å². The molecule has 1 saturated carbocycles. The summed E-state index contributed by atoms with van der Waals surface area (Å²) in [6.45, 7) is 4.25. The number of hydrogen-bond donors (Lipinski definition) is 1. The van der Waals surface area contributed by atoms with Crippen molar-refractivity contribution in [2.24, 2.45) is 5.92 Å². The molecule has 0 aromatic heterocycles. The third-order valence-electron chi connectivity index (χ3n) is 3.53. The maximum atomic E-state index is 5.92. The van der Waals surface area contributed by atoms with Crippen molar-refractivity contribution in [3.05, 3.63) is 29.8 Å². The lowest BCUT2D eigenvalue weighted by atomic mass is 10.2. The fourth-order valence-corrected chi connectivity index (χ4v) is 2.30. The van der Waals surface area contributed by atoms with Gasteiger partial charge in [0.15, 0.2) is 0 Å². The smallest absolute Gasteiger partial charge is 0.123 e. The molecule has 1 fully saturated rings. The molecule has 0 spiro atoms. The van der Waals surface area contributed by atoms with Gasteiger partial charge in [-0.1, -0.05) is 24.1 Å². The quantitative estimate of drug-likeness (QED) is 0.697. The van der Waals surface area contributed by atoms with E-state index in [9.17, 15) is 0 Å². The van der Waals surface area contributed by atoms with Gasteiger partial charge in [-0.05, 0) is 31.9 Å². The monoisotopic (exact) mass is 272 g/mol. The fourth-order valence-electron chi connectivity index (χ4n) is 2.30. The van der Waals surface area contributed by atoms with Crippen molar-refractivity contribution in [1.29, 1.82) is 0 Å². The van der Waals surface area contributed by atoms with E-state index >= 15 is 0 Å². The third-order valence-corrected chi connectivity index (χ3v) is 3.53. The molecule has 1 aliphatic carbocycles. The number of nitrogens with one attached hydrogen (secondary N) is 1. The summed E-state index contributed by atoms with van der Waals surface area (Å²) in [4.78, 5) is 2.32. The second-order valence-electron chi connectivity index (χ2n) is 5.37. The highest BCUT2D eigenvalue weighted by Gasteiger charge is 2.23. The van der Waals surface area contributed by atoms with Crippen LogP contribution in [-0.4, -0.2) is 38.2 Å². The highest BCUT2D eigenvalue weighted by Crippen LogP contribution is 2.29. The summed E-state index contributed by atoms with van der Waals surface area (Å²) < 4.78 is 5.92. The highest BCUT2D eigenvalue weighted by atomic mass is 16.5. The number of benzene rings is 1. The lowest BCUT2D eigenvalue weighted by molar-refractivity contribution is 0.218. The van der Waals surface area contributed by atoms with Crippen molar-refractivity contribution in [1.82, 2.24) is 10.2 Å². The van der Waals surface area contributed by atoms with E-state index in [1.165, 1.54) is 18.4 Å². The Morgan fingerprint density at radius 3 is 2.90 bits per heavy atom. The minimum atomic E-state index is 0.690. The van der Waals surface area contributed by atoms with Crippen LogP contribution >= 0.6 is 0 Å². The zero-order valence-corrected chi connectivity index (χ0v) is 12.3. The molecule has 0 amide bonds. The molecule has 0 saturated heterocycles. The van der Waals surface area contributed by atoms with E-state index in [0.717, 1.165) is 37.8 Å². The van der Waals surface area contributed by atoms with Gasteiger partial charge in [-0.3, -0.25) is 4.90 Å². The van der Waals surface area contributed by atoms with Crippen LogP contribution in [0.15, 0.2) is 24.3 Å². The van der Waals surface area contributed by atoms with Gasteiger partial charge in [-0.25, -0.2) is 0 Å². The molecule has 1 aromatic rings. The van der Waals surface area contributed by atoms with Gasteiger partial charge in [-0.2, -0.15) is 0 Å². The topological polar surface area (TPSA) is 24.5 Å². The molecule has 108 valence electrons. The molecule has 3 nitrogen and oxygen atoms in total. The van der Waals surface area contributed by atoms with Crippen LogP contribution in [0.25, 0.3) is 0 Å². The molecule has 0 radical (unpaired) electrons. The first-order valence-corrected chi connectivity index (χ1v) is 7.34. The number of rotatable bonds is 9. The SMILES string of the molecule is C#CCN(CCOc1ccccc1CNC)CC1CC1. The minimum Gasteiger partial charge on any atom is -0.492 e. The molecule has 1 aromatic carbocycles. The summed E-state index contributed by atoms with van der Waals surface area (Å²) in [5.74, 6) is 4.57. The lowest BCUT2D eigenvalue weighted by Gasteiger charge is -2.20. The molecule has 0 aliphatic heterocycles. The van der Waals surface area contributed by atoms with Gasteiger partial charge < -0.3 is 10.1 Å². The normalized spacial score (nSPS) is 14.2. The second kappa shape index (κ2) is 7.94. The Hall–Kier alpha value is -1.50. The van der Waals surface area contributed by atoms with Crippen molar-refractivity contribution in [2.75, 3.05) is 33.3 Å². The van der Waals surface area contributed by atoms with Crippen LogP contribution in [-0.2, 0) is 6.54 Å². The van der Waals surface area contributed by atoms with Gasteiger partial charge in [0.1, 0.15) is 12.4 Å². The number of ether oxygens (including phenoxy) is 1. The number of hydrogen-bond acceptors (Lipinski definition) is 3. The van der Waals surface area contributed by atoms with E-state index < -0.39 is 0 Å². The van der Waals surface area contributed by atoms with Gasteiger partial charge >= 0.3 is 0 Å². The van der Waals surface area contributed by atoms with Crippen LogP contribution in [0, 0.1) is 18.3 Å². The molecule has 3 heteroatoms. The maximum absolute atomic E-state index is 5.92. The van der Waals surface area contributed by atoms with Crippen LogP contribution in [0.3, 0.4) is 0 Å². The Bertz CT molecular complexity index is 449. The van der Waals surface area contributed by atoms with Gasteiger partial charge in [-0.15, -0.1) is 6.42 Å². The Balaban J connectivity index is 1.80. The van der Waals surface area contributed by atoms with E-state index in [0.29, 0.717) is 6.61 Å². The van der Waals surface area contributed by atoms with Crippen molar-refractivity contribution in [3.63, 3.8) is 0 Å². The third kappa shape index (κ3) is 4.88. The number of para-hydroxylation sites is 1. The van der Waals surface area contributed by atoms with Crippen LogP contribution in [0.2, 0.25) is 0 Å². The molecule has 1 aliphatic rings. The minimum absolute atomic E-state index is 0.690. The van der Waals surface area contributed by atoms with Gasteiger partial charge in [0.05, 0.1) is 6.54 Å². The van der Waals surface area contributed by atoms with E-state index in [4.69, 9.17) is 11.2 Å². The standard InChI is InChI=1S/C17H24N2O/c1-3-10-19(14-15-8-9-15)11-12-20-17-7-5-4-6-16(17)13-18-2/h1,4-7,15,18H,8-14H2,2H3. The first-order valence-electron chi connectivity index (χ1n) is 7.34. The lowest BCUT2D eigenvalue weighted by Crippen LogP contribution is -2.31. The Morgan fingerprint density at radius 2 is 2.20 bits per heavy atom. The highest BCUT2D eigenvalue weighted by molar-refractivity contribution is 5.33. The van der Waals surface area contributed by atoms with Crippen LogP contribution < -0.4 is 10.1 Å². The first-order chi connectivity index (χ1) is 9.83. The Morgan fingerprint density at radius 1 is 1.40 bits per heavy atom. The van der Waals surface area contributed by atoms with Crippen molar-refractivity contribution < 1.29 is 4.74 Å². The number of nitrogens with zero attached hydrogens (tertiary/aromatic N) is 1. The van der Waals surface area contributed by atoms with Crippen LogP contribution in [0.4, 0.5) is 0 Å². The average molecular weight is 272 g/mol.